The predicted octanol–water partition coefficient (Wildman–Crippen LogP) is -0.136. The molecule has 0 amide bonds. The Bertz CT molecular complexity index is 77.7. The van der Waals surface area contributed by atoms with Gasteiger partial charge in [-0.1, -0.05) is 0 Å². The first-order valence-electron chi connectivity index (χ1n) is 1.84. The van der Waals surface area contributed by atoms with Gasteiger partial charge in [0.15, 0.2) is 0 Å². The second-order valence-corrected chi connectivity index (χ2v) is 7.99. The summed E-state index contributed by atoms with van der Waals surface area (Å²) in [4.78, 5) is 0. The molecule has 0 saturated heterocycles. The molecule has 0 aliphatic heterocycles. The average Bonchev–Trinajstić information content (AvgIpc) is 1.68. The van der Waals surface area contributed by atoms with Gasteiger partial charge in [0.2, 0.25) is 0 Å². The molecule has 0 atom stereocenters. The summed E-state index contributed by atoms with van der Waals surface area (Å²) in [6.45, 7) is 6.45. The zero-order valence-corrected chi connectivity index (χ0v) is 6.82. The van der Waals surface area contributed by atoms with E-state index in [2.05, 4.69) is 13.2 Å². The van der Waals surface area contributed by atoms with Crippen molar-refractivity contribution in [2.75, 3.05) is 0 Å². The van der Waals surface area contributed by atoms with Crippen LogP contribution in [-0.2, 0) is 0 Å². The average molecular weight is 207 g/mol. The van der Waals surface area contributed by atoms with Crippen LogP contribution in [0.25, 0.3) is 0 Å². The molecular formula is C4H8O2Sn. The molecule has 0 aliphatic rings. The second-order valence-electron chi connectivity index (χ2n) is 1.19. The van der Waals surface area contributed by atoms with E-state index in [9.17, 15) is 0 Å². The van der Waals surface area contributed by atoms with Gasteiger partial charge in [-0.05, 0) is 0 Å². The van der Waals surface area contributed by atoms with Gasteiger partial charge in [-0.3, -0.25) is 0 Å². The molecule has 0 bridgehead atoms. The fraction of sp³-hybridized carbons (Fsp3) is 0. The van der Waals surface area contributed by atoms with E-state index >= 15 is 0 Å². The van der Waals surface area contributed by atoms with E-state index in [1.807, 2.05) is 0 Å². The van der Waals surface area contributed by atoms with Crippen molar-refractivity contribution in [2.45, 2.75) is 0 Å². The molecule has 2 nitrogen and oxygen atoms in total. The summed E-state index contributed by atoms with van der Waals surface area (Å²) in [7, 11) is 0. The quantitative estimate of drug-likeness (QED) is 0.618. The predicted molar refractivity (Wildman–Crippen MR) is 30.6 cm³/mol. The van der Waals surface area contributed by atoms with Crippen LogP contribution in [0.15, 0.2) is 21.3 Å². The van der Waals surface area contributed by atoms with Gasteiger partial charge >= 0.3 is 47.4 Å². The van der Waals surface area contributed by atoms with Crippen LogP contribution in [0.1, 0.15) is 0 Å². The SMILES string of the molecule is C=[CH][Sn]([OH])([OH])[CH]=C. The van der Waals surface area contributed by atoms with Crippen molar-refractivity contribution in [1.29, 1.82) is 0 Å². The van der Waals surface area contributed by atoms with Crippen LogP contribution in [0.3, 0.4) is 0 Å². The van der Waals surface area contributed by atoms with Gasteiger partial charge in [-0.15, -0.1) is 0 Å². The van der Waals surface area contributed by atoms with E-state index in [0.717, 1.165) is 0 Å². The first-order chi connectivity index (χ1) is 3.12. The number of rotatable bonds is 2. The molecule has 40 valence electrons. The Balaban J connectivity index is 3.82. The Morgan fingerprint density at radius 3 is 1.43 bits per heavy atom. The third kappa shape index (κ3) is 2.84. The third-order valence-corrected chi connectivity index (χ3v) is 4.03. The standard InChI is InChI=1S/2C2H3.2H2O.Sn/c2*1-2;;;/h2*1H,2H2;2*1H2;/q;;;;+2/p-2. The van der Waals surface area contributed by atoms with Crippen molar-refractivity contribution >= 4 is 19.2 Å². The fourth-order valence-electron chi connectivity index (χ4n) is 0.0833. The van der Waals surface area contributed by atoms with Crippen molar-refractivity contribution in [3.05, 3.63) is 21.3 Å². The maximum absolute atomic E-state index is 8.66. The topological polar surface area (TPSA) is 40.5 Å². The zero-order chi connectivity index (χ0) is 5.91. The van der Waals surface area contributed by atoms with E-state index < -0.39 is 19.2 Å². The molecule has 0 aromatic carbocycles. The molecule has 0 aliphatic carbocycles. The fourth-order valence-corrected chi connectivity index (χ4v) is 0.559. The Hall–Kier alpha value is 0.199. The van der Waals surface area contributed by atoms with E-state index in [4.69, 9.17) is 6.89 Å². The van der Waals surface area contributed by atoms with Gasteiger partial charge in [0, 0.05) is 0 Å². The van der Waals surface area contributed by atoms with E-state index in [0.29, 0.717) is 0 Å². The first kappa shape index (κ1) is 7.20. The molecule has 0 unspecified atom stereocenters. The van der Waals surface area contributed by atoms with Crippen LogP contribution in [-0.4, -0.2) is 26.1 Å². The van der Waals surface area contributed by atoms with E-state index in [-0.39, 0.29) is 0 Å². The summed E-state index contributed by atoms with van der Waals surface area (Å²) in [5.41, 5.74) is 0. The minimum atomic E-state index is -3.76. The van der Waals surface area contributed by atoms with Crippen LogP contribution < -0.4 is 0 Å². The van der Waals surface area contributed by atoms with Crippen molar-refractivity contribution in [1.82, 2.24) is 0 Å². The van der Waals surface area contributed by atoms with E-state index in [1.165, 1.54) is 8.18 Å². The van der Waals surface area contributed by atoms with Gasteiger partial charge in [0.1, 0.15) is 0 Å². The van der Waals surface area contributed by atoms with Crippen LogP contribution in [0.2, 0.25) is 0 Å². The zero-order valence-electron chi connectivity index (χ0n) is 3.96. The van der Waals surface area contributed by atoms with Crippen molar-refractivity contribution in [3.8, 4) is 0 Å². The molecule has 0 aromatic rings. The Kier molecular flexibility index (Phi) is 2.56. The van der Waals surface area contributed by atoms with Gasteiger partial charge < -0.3 is 0 Å². The van der Waals surface area contributed by atoms with Crippen LogP contribution >= 0.6 is 0 Å². The van der Waals surface area contributed by atoms with Gasteiger partial charge in [0.25, 0.3) is 0 Å². The van der Waals surface area contributed by atoms with Gasteiger partial charge in [-0.2, -0.15) is 0 Å². The summed E-state index contributed by atoms with van der Waals surface area (Å²) in [5, 5.41) is 0. The summed E-state index contributed by atoms with van der Waals surface area (Å²) < 4.78 is 19.7. The first-order valence-corrected chi connectivity index (χ1v) is 7.69. The van der Waals surface area contributed by atoms with Gasteiger partial charge in [-0.25, -0.2) is 0 Å². The maximum atomic E-state index is 8.66. The Morgan fingerprint density at radius 1 is 1.14 bits per heavy atom. The van der Waals surface area contributed by atoms with Crippen LogP contribution in [0, 0.1) is 0 Å². The van der Waals surface area contributed by atoms with Crippen molar-refractivity contribution < 1.29 is 6.89 Å². The second kappa shape index (κ2) is 2.49. The molecule has 0 radical (unpaired) electrons. The minimum absolute atomic E-state index is 1.20. The Labute approximate surface area is 47.8 Å². The van der Waals surface area contributed by atoms with Gasteiger partial charge in [0.05, 0.1) is 0 Å². The molecule has 0 spiro atoms. The summed E-state index contributed by atoms with van der Waals surface area (Å²) in [6.07, 6.45) is 0. The molecule has 2 N–H and O–H groups in total. The monoisotopic (exact) mass is 208 g/mol. The number of hydrogen-bond acceptors (Lipinski definition) is 2. The normalized spacial score (nSPS) is 10.6. The molecule has 0 heterocycles. The molecule has 7 heavy (non-hydrogen) atoms. The Morgan fingerprint density at radius 2 is 1.43 bits per heavy atom. The number of hydrogen-bond donors (Lipinski definition) is 2. The molecule has 0 rings (SSSR count). The van der Waals surface area contributed by atoms with Crippen LogP contribution in [0.5, 0.6) is 0 Å². The van der Waals surface area contributed by atoms with Crippen molar-refractivity contribution in [3.63, 3.8) is 0 Å². The van der Waals surface area contributed by atoms with Crippen LogP contribution in [0.4, 0.5) is 0 Å². The molecule has 0 fully saturated rings. The van der Waals surface area contributed by atoms with E-state index in [1.54, 1.807) is 0 Å². The molecular weight excluding hydrogens is 199 g/mol. The molecule has 0 saturated carbocycles. The molecule has 3 heteroatoms. The molecule has 0 aromatic heterocycles. The third-order valence-electron chi connectivity index (χ3n) is 0.601. The summed E-state index contributed by atoms with van der Waals surface area (Å²) in [5.74, 6) is 0. The summed E-state index contributed by atoms with van der Waals surface area (Å²) in [6, 6.07) is 0. The summed E-state index contributed by atoms with van der Waals surface area (Å²) >= 11 is -3.76. The van der Waals surface area contributed by atoms with Crippen molar-refractivity contribution in [2.24, 2.45) is 0 Å².